The summed E-state index contributed by atoms with van der Waals surface area (Å²) in [4.78, 5) is 43.3. The summed E-state index contributed by atoms with van der Waals surface area (Å²) < 4.78 is 5.65. The van der Waals surface area contributed by atoms with Crippen LogP contribution >= 0.6 is 0 Å². The maximum atomic E-state index is 13.4. The van der Waals surface area contributed by atoms with Crippen molar-refractivity contribution in [3.63, 3.8) is 0 Å². The second-order valence-corrected chi connectivity index (χ2v) is 7.64. The highest BCUT2D eigenvalue weighted by Crippen LogP contribution is 2.41. The number of hydrogen-bond donors (Lipinski definition) is 2. The third-order valence-electron chi connectivity index (χ3n) is 6.04. The molecule has 1 saturated heterocycles. The molecule has 152 valence electrons. The van der Waals surface area contributed by atoms with E-state index in [0.29, 0.717) is 29.9 Å². The zero-order valence-electron chi connectivity index (χ0n) is 16.5. The van der Waals surface area contributed by atoms with E-state index in [0.717, 1.165) is 27.8 Å². The molecule has 3 aromatic rings. The maximum Gasteiger partial charge on any atom is 0.325 e. The molecule has 0 aliphatic carbocycles. The first-order valence-corrected chi connectivity index (χ1v) is 10.0. The number of carbonyl (C=O) groups excluding carboxylic acids is 3. The van der Waals surface area contributed by atoms with Gasteiger partial charge in [-0.25, -0.2) is 4.79 Å². The van der Waals surface area contributed by atoms with Gasteiger partial charge >= 0.3 is 6.03 Å². The lowest BCUT2D eigenvalue weighted by Gasteiger charge is -2.33. The van der Waals surface area contributed by atoms with Crippen molar-refractivity contribution < 1.29 is 19.1 Å². The molecule has 30 heavy (non-hydrogen) atoms. The van der Waals surface area contributed by atoms with Crippen molar-refractivity contribution in [1.29, 1.82) is 0 Å². The van der Waals surface area contributed by atoms with Crippen LogP contribution in [0.3, 0.4) is 0 Å². The largest absolute Gasteiger partial charge is 0.493 e. The third-order valence-corrected chi connectivity index (χ3v) is 6.04. The summed E-state index contributed by atoms with van der Waals surface area (Å²) >= 11 is 0. The molecule has 5 rings (SSSR count). The fraction of sp³-hybridized carbons (Fsp3) is 0.261. The van der Waals surface area contributed by atoms with Crippen LogP contribution in [0.1, 0.15) is 34.8 Å². The molecule has 0 radical (unpaired) electrons. The van der Waals surface area contributed by atoms with E-state index >= 15 is 0 Å². The summed E-state index contributed by atoms with van der Waals surface area (Å²) in [6, 6.07) is 12.4. The summed E-state index contributed by atoms with van der Waals surface area (Å²) in [5, 5.41) is 3.63. The van der Waals surface area contributed by atoms with Gasteiger partial charge in [0.25, 0.3) is 5.91 Å². The molecular formula is C23H21N3O4. The number of carbonyl (C=O) groups is 3. The molecule has 1 atom stereocenters. The Balaban J connectivity index is 1.46. The number of aryl methyl sites for hydroxylation is 1. The van der Waals surface area contributed by atoms with Gasteiger partial charge in [-0.2, -0.15) is 0 Å². The van der Waals surface area contributed by atoms with Gasteiger partial charge in [-0.1, -0.05) is 43.3 Å². The average Bonchev–Trinajstić information content (AvgIpc) is 3.30. The van der Waals surface area contributed by atoms with E-state index in [1.165, 1.54) is 0 Å². The van der Waals surface area contributed by atoms with Crippen LogP contribution in [0, 0.1) is 0 Å². The number of fused-ring (bicyclic) bond motifs is 3. The Kier molecular flexibility index (Phi) is 4.13. The number of hydrogen-bond acceptors (Lipinski definition) is 4. The lowest BCUT2D eigenvalue weighted by atomic mass is 9.84. The lowest BCUT2D eigenvalue weighted by Crippen LogP contribution is -2.47. The zero-order chi connectivity index (χ0) is 20.9. The Morgan fingerprint density at radius 2 is 2.00 bits per heavy atom. The highest BCUT2D eigenvalue weighted by atomic mass is 16.5. The first-order chi connectivity index (χ1) is 14.5. The van der Waals surface area contributed by atoms with E-state index in [-0.39, 0.29) is 12.3 Å². The number of aromatic nitrogens is 1. The fourth-order valence-corrected chi connectivity index (χ4v) is 4.49. The number of amides is 3. The number of H-pyrrole nitrogens is 1. The Morgan fingerprint density at radius 1 is 1.17 bits per heavy atom. The SMILES string of the molecule is CCc1cccc2c(C(=O)CN3C(=O)NC4(CCOc5ccccc54)C3=O)c[nH]c12. The molecule has 1 unspecified atom stereocenters. The van der Waals surface area contributed by atoms with Gasteiger partial charge in [-0.15, -0.1) is 0 Å². The Labute approximate surface area is 173 Å². The fourth-order valence-electron chi connectivity index (χ4n) is 4.49. The van der Waals surface area contributed by atoms with Crippen molar-refractivity contribution >= 4 is 28.6 Å². The molecule has 3 heterocycles. The van der Waals surface area contributed by atoms with Crippen molar-refractivity contribution in [2.24, 2.45) is 0 Å². The van der Waals surface area contributed by atoms with E-state index in [1.807, 2.05) is 24.3 Å². The number of rotatable bonds is 4. The lowest BCUT2D eigenvalue weighted by molar-refractivity contribution is -0.132. The first kappa shape index (κ1) is 18.4. The number of nitrogens with zero attached hydrogens (tertiary/aromatic N) is 1. The second-order valence-electron chi connectivity index (χ2n) is 7.64. The number of para-hydroxylation sites is 2. The van der Waals surface area contributed by atoms with Gasteiger partial charge in [-0.3, -0.25) is 14.5 Å². The van der Waals surface area contributed by atoms with Crippen LogP contribution in [0.2, 0.25) is 0 Å². The average molecular weight is 403 g/mol. The molecule has 0 saturated carbocycles. The summed E-state index contributed by atoms with van der Waals surface area (Å²) in [5.74, 6) is -0.115. The van der Waals surface area contributed by atoms with Gasteiger partial charge in [0.1, 0.15) is 5.75 Å². The number of imide groups is 1. The highest BCUT2D eigenvalue weighted by molar-refractivity contribution is 6.14. The van der Waals surface area contributed by atoms with E-state index in [4.69, 9.17) is 4.74 Å². The van der Waals surface area contributed by atoms with E-state index in [9.17, 15) is 14.4 Å². The Hall–Kier alpha value is -3.61. The van der Waals surface area contributed by atoms with Crippen LogP contribution in [-0.4, -0.2) is 40.8 Å². The van der Waals surface area contributed by atoms with Crippen LogP contribution in [0.25, 0.3) is 10.9 Å². The number of urea groups is 1. The molecule has 1 spiro atoms. The normalized spacial score (nSPS) is 20.4. The van der Waals surface area contributed by atoms with Crippen LogP contribution in [0.4, 0.5) is 4.79 Å². The van der Waals surface area contributed by atoms with Gasteiger partial charge in [0.15, 0.2) is 11.3 Å². The minimum atomic E-state index is -1.18. The predicted molar refractivity (Wildman–Crippen MR) is 110 cm³/mol. The first-order valence-electron chi connectivity index (χ1n) is 10.0. The molecule has 2 N–H and O–H groups in total. The van der Waals surface area contributed by atoms with Crippen molar-refractivity contribution in [3.8, 4) is 5.75 Å². The summed E-state index contributed by atoms with van der Waals surface area (Å²) in [6.45, 7) is 2.06. The highest BCUT2D eigenvalue weighted by Gasteiger charge is 2.55. The summed E-state index contributed by atoms with van der Waals surface area (Å²) in [5.41, 5.74) is 1.95. The molecule has 0 bridgehead atoms. The van der Waals surface area contributed by atoms with Crippen molar-refractivity contribution in [2.45, 2.75) is 25.3 Å². The predicted octanol–water partition coefficient (Wildman–Crippen LogP) is 3.14. The van der Waals surface area contributed by atoms with Gasteiger partial charge in [0.2, 0.25) is 0 Å². The van der Waals surface area contributed by atoms with Crippen LogP contribution in [0.5, 0.6) is 5.75 Å². The smallest absolute Gasteiger partial charge is 0.325 e. The van der Waals surface area contributed by atoms with E-state index in [2.05, 4.69) is 17.2 Å². The molecule has 1 fully saturated rings. The molecular weight excluding hydrogens is 382 g/mol. The molecule has 7 heteroatoms. The van der Waals surface area contributed by atoms with E-state index < -0.39 is 17.5 Å². The molecule has 7 nitrogen and oxygen atoms in total. The molecule has 2 aliphatic rings. The molecule has 1 aromatic heterocycles. The van der Waals surface area contributed by atoms with Crippen molar-refractivity contribution in [1.82, 2.24) is 15.2 Å². The number of nitrogens with one attached hydrogen (secondary N) is 2. The zero-order valence-corrected chi connectivity index (χ0v) is 16.5. The van der Waals surface area contributed by atoms with Crippen molar-refractivity contribution in [3.05, 3.63) is 65.4 Å². The minimum Gasteiger partial charge on any atom is -0.493 e. The molecule has 3 amide bonds. The number of benzene rings is 2. The second kappa shape index (κ2) is 6.73. The van der Waals surface area contributed by atoms with Gasteiger partial charge in [0.05, 0.1) is 13.2 Å². The quantitative estimate of drug-likeness (QED) is 0.517. The van der Waals surface area contributed by atoms with Crippen molar-refractivity contribution in [2.75, 3.05) is 13.2 Å². The number of ether oxygens (including phenoxy) is 1. The number of aromatic amines is 1. The third kappa shape index (κ3) is 2.55. The number of ketones is 1. The Morgan fingerprint density at radius 3 is 2.83 bits per heavy atom. The van der Waals surface area contributed by atoms with Gasteiger partial charge in [-0.05, 0) is 18.1 Å². The molecule has 2 aliphatic heterocycles. The monoisotopic (exact) mass is 403 g/mol. The standard InChI is InChI=1S/C23H21N3O4/c1-2-14-6-5-7-15-16(12-24-20(14)15)18(27)13-26-21(28)23(25-22(26)29)10-11-30-19-9-4-3-8-17(19)23/h3-9,12,24H,2,10-11,13H2,1H3,(H,25,29). The van der Waals surface area contributed by atoms with Crippen LogP contribution in [0.15, 0.2) is 48.7 Å². The molecule has 2 aromatic carbocycles. The summed E-state index contributed by atoms with van der Waals surface area (Å²) in [7, 11) is 0. The Bertz CT molecular complexity index is 1200. The maximum absolute atomic E-state index is 13.4. The van der Waals surface area contributed by atoms with Crippen LogP contribution < -0.4 is 10.1 Å². The number of Topliss-reactive ketones (excluding diaryl/α,β-unsaturated/α-hetero) is 1. The van der Waals surface area contributed by atoms with Gasteiger partial charge in [0, 0.05) is 34.6 Å². The topological polar surface area (TPSA) is 91.5 Å². The van der Waals surface area contributed by atoms with Gasteiger partial charge < -0.3 is 15.0 Å². The van der Waals surface area contributed by atoms with Crippen LogP contribution in [-0.2, 0) is 16.8 Å². The minimum absolute atomic E-state index is 0.282. The summed E-state index contributed by atoms with van der Waals surface area (Å²) in [6.07, 6.45) is 2.82. The van der Waals surface area contributed by atoms with E-state index in [1.54, 1.807) is 24.4 Å².